The summed E-state index contributed by atoms with van der Waals surface area (Å²) in [6, 6.07) is 1.61. The molecule has 1 aromatic heterocycles. The molecule has 0 bridgehead atoms. The summed E-state index contributed by atoms with van der Waals surface area (Å²) in [5, 5.41) is 5.80. The first-order chi connectivity index (χ1) is 10.1. The van der Waals surface area contributed by atoms with E-state index in [-0.39, 0.29) is 23.0 Å². The van der Waals surface area contributed by atoms with Gasteiger partial charge in [-0.1, -0.05) is 0 Å². The molecule has 1 amide bonds. The van der Waals surface area contributed by atoms with Gasteiger partial charge in [-0.15, -0.1) is 0 Å². The molecule has 110 valence electrons. The molecule has 1 aromatic carbocycles. The standard InChI is InChI=1S/C14H14F2N4O/c15-8-5-11-12(6-9(8)16)20-13(7-18-11)19-10-3-1-2-4-17-14(10)21/h5-7,10H,1-4H2,(H,17,21)(H,19,20). The van der Waals surface area contributed by atoms with Crippen molar-refractivity contribution in [2.24, 2.45) is 0 Å². The number of nitrogens with zero attached hydrogens (tertiary/aromatic N) is 2. The van der Waals surface area contributed by atoms with Crippen LogP contribution in [0.2, 0.25) is 0 Å². The molecule has 1 aliphatic rings. The van der Waals surface area contributed by atoms with Crippen molar-refractivity contribution in [1.29, 1.82) is 0 Å². The maximum Gasteiger partial charge on any atom is 0.242 e. The smallest absolute Gasteiger partial charge is 0.242 e. The van der Waals surface area contributed by atoms with Gasteiger partial charge in [0.1, 0.15) is 11.9 Å². The lowest BCUT2D eigenvalue weighted by Gasteiger charge is -2.15. The van der Waals surface area contributed by atoms with Crippen LogP contribution in [0.4, 0.5) is 14.6 Å². The van der Waals surface area contributed by atoms with Gasteiger partial charge in [-0.2, -0.15) is 0 Å². The largest absolute Gasteiger partial charge is 0.357 e. The molecule has 21 heavy (non-hydrogen) atoms. The number of hydrogen-bond acceptors (Lipinski definition) is 4. The third kappa shape index (κ3) is 2.91. The molecule has 0 aliphatic carbocycles. The van der Waals surface area contributed by atoms with Crippen molar-refractivity contribution >= 4 is 22.8 Å². The third-order valence-corrected chi connectivity index (χ3v) is 3.44. The summed E-state index contributed by atoms with van der Waals surface area (Å²) < 4.78 is 26.3. The monoisotopic (exact) mass is 292 g/mol. The van der Waals surface area contributed by atoms with E-state index < -0.39 is 11.6 Å². The van der Waals surface area contributed by atoms with Crippen LogP contribution >= 0.6 is 0 Å². The van der Waals surface area contributed by atoms with E-state index in [0.29, 0.717) is 18.8 Å². The van der Waals surface area contributed by atoms with E-state index in [1.807, 2.05) is 0 Å². The van der Waals surface area contributed by atoms with Crippen LogP contribution in [0.25, 0.3) is 11.0 Å². The number of amides is 1. The fourth-order valence-electron chi connectivity index (χ4n) is 2.33. The molecule has 1 unspecified atom stereocenters. The van der Waals surface area contributed by atoms with E-state index in [9.17, 15) is 13.6 Å². The first kappa shape index (κ1) is 13.7. The van der Waals surface area contributed by atoms with Crippen molar-refractivity contribution < 1.29 is 13.6 Å². The zero-order chi connectivity index (χ0) is 14.8. The van der Waals surface area contributed by atoms with Gasteiger partial charge in [0, 0.05) is 18.7 Å². The zero-order valence-corrected chi connectivity index (χ0v) is 11.2. The second-order valence-corrected chi connectivity index (χ2v) is 4.99. The average molecular weight is 292 g/mol. The number of fused-ring (bicyclic) bond motifs is 1. The second kappa shape index (κ2) is 5.59. The maximum atomic E-state index is 13.2. The molecule has 1 fully saturated rings. The Morgan fingerprint density at radius 3 is 2.76 bits per heavy atom. The molecule has 2 heterocycles. The van der Waals surface area contributed by atoms with E-state index in [4.69, 9.17) is 0 Å². The average Bonchev–Trinajstić information content (AvgIpc) is 2.66. The minimum atomic E-state index is -0.971. The van der Waals surface area contributed by atoms with Crippen LogP contribution in [0.3, 0.4) is 0 Å². The predicted octanol–water partition coefficient (Wildman–Crippen LogP) is 1.99. The summed E-state index contributed by atoms with van der Waals surface area (Å²) in [6.45, 7) is 0.672. The molecule has 1 saturated heterocycles. The highest BCUT2D eigenvalue weighted by Crippen LogP contribution is 2.18. The number of carbonyl (C=O) groups excluding carboxylic acids is 1. The molecule has 1 atom stereocenters. The van der Waals surface area contributed by atoms with Crippen molar-refractivity contribution in [3.8, 4) is 0 Å². The Bertz CT molecular complexity index is 692. The number of nitrogens with one attached hydrogen (secondary N) is 2. The number of carbonyl (C=O) groups is 1. The van der Waals surface area contributed by atoms with Crippen molar-refractivity contribution in [3.05, 3.63) is 30.0 Å². The molecular formula is C14H14F2N4O. The number of hydrogen-bond donors (Lipinski definition) is 2. The normalized spacial score (nSPS) is 19.1. The Morgan fingerprint density at radius 2 is 1.95 bits per heavy atom. The van der Waals surface area contributed by atoms with Crippen LogP contribution in [0.1, 0.15) is 19.3 Å². The summed E-state index contributed by atoms with van der Waals surface area (Å²) in [6.07, 6.45) is 3.98. The van der Waals surface area contributed by atoms with Crippen LogP contribution in [-0.4, -0.2) is 28.5 Å². The number of halogens is 2. The van der Waals surface area contributed by atoms with Gasteiger partial charge in [0.15, 0.2) is 11.6 Å². The van der Waals surface area contributed by atoms with E-state index >= 15 is 0 Å². The minimum Gasteiger partial charge on any atom is -0.357 e. The highest BCUT2D eigenvalue weighted by molar-refractivity contribution is 5.85. The highest BCUT2D eigenvalue weighted by atomic mass is 19.2. The van der Waals surface area contributed by atoms with Crippen LogP contribution < -0.4 is 10.6 Å². The van der Waals surface area contributed by atoms with Gasteiger partial charge < -0.3 is 10.6 Å². The SMILES string of the molecule is O=C1NCCCCC1Nc1cnc2cc(F)c(F)cc2n1. The summed E-state index contributed by atoms with van der Waals surface area (Å²) in [5.41, 5.74) is 0.512. The lowest BCUT2D eigenvalue weighted by Crippen LogP contribution is -2.38. The van der Waals surface area contributed by atoms with Gasteiger partial charge in [-0.3, -0.25) is 9.78 Å². The Balaban J connectivity index is 1.86. The quantitative estimate of drug-likeness (QED) is 0.888. The fraction of sp³-hybridized carbons (Fsp3) is 0.357. The summed E-state index contributed by atoms with van der Waals surface area (Å²) in [5.74, 6) is -1.64. The molecule has 0 spiro atoms. The second-order valence-electron chi connectivity index (χ2n) is 4.99. The molecule has 0 saturated carbocycles. The van der Waals surface area contributed by atoms with E-state index in [1.165, 1.54) is 6.20 Å². The number of rotatable bonds is 2. The molecule has 0 radical (unpaired) electrons. The Morgan fingerprint density at radius 1 is 1.19 bits per heavy atom. The summed E-state index contributed by atoms with van der Waals surface area (Å²) in [4.78, 5) is 20.1. The van der Waals surface area contributed by atoms with E-state index in [0.717, 1.165) is 25.0 Å². The van der Waals surface area contributed by atoms with Crippen LogP contribution in [0.5, 0.6) is 0 Å². The Labute approximate surface area is 119 Å². The van der Waals surface area contributed by atoms with E-state index in [2.05, 4.69) is 20.6 Å². The first-order valence-electron chi connectivity index (χ1n) is 6.79. The van der Waals surface area contributed by atoms with Gasteiger partial charge >= 0.3 is 0 Å². The third-order valence-electron chi connectivity index (χ3n) is 3.44. The predicted molar refractivity (Wildman–Crippen MR) is 73.7 cm³/mol. The van der Waals surface area contributed by atoms with Crippen LogP contribution in [-0.2, 0) is 4.79 Å². The molecule has 2 N–H and O–H groups in total. The molecule has 5 nitrogen and oxygen atoms in total. The Kier molecular flexibility index (Phi) is 3.64. The van der Waals surface area contributed by atoms with Crippen molar-refractivity contribution in [2.75, 3.05) is 11.9 Å². The number of aromatic nitrogens is 2. The maximum absolute atomic E-state index is 13.2. The van der Waals surface area contributed by atoms with E-state index in [1.54, 1.807) is 0 Å². The van der Waals surface area contributed by atoms with Crippen LogP contribution in [0.15, 0.2) is 18.3 Å². The topological polar surface area (TPSA) is 66.9 Å². The van der Waals surface area contributed by atoms with Crippen molar-refractivity contribution in [3.63, 3.8) is 0 Å². The fourth-order valence-corrected chi connectivity index (χ4v) is 2.33. The van der Waals surface area contributed by atoms with Crippen LogP contribution in [0, 0.1) is 11.6 Å². The van der Waals surface area contributed by atoms with Gasteiger partial charge in [0.2, 0.25) is 5.91 Å². The summed E-state index contributed by atoms with van der Waals surface area (Å²) in [7, 11) is 0. The molecule has 2 aromatic rings. The minimum absolute atomic E-state index is 0.0836. The highest BCUT2D eigenvalue weighted by Gasteiger charge is 2.20. The molecular weight excluding hydrogens is 278 g/mol. The molecule has 3 rings (SSSR count). The zero-order valence-electron chi connectivity index (χ0n) is 11.2. The molecule has 7 heteroatoms. The Hall–Kier alpha value is -2.31. The lowest BCUT2D eigenvalue weighted by atomic mass is 10.1. The van der Waals surface area contributed by atoms with Gasteiger partial charge in [-0.25, -0.2) is 13.8 Å². The molecule has 1 aliphatic heterocycles. The van der Waals surface area contributed by atoms with Crippen molar-refractivity contribution in [2.45, 2.75) is 25.3 Å². The number of anilines is 1. The number of benzene rings is 1. The lowest BCUT2D eigenvalue weighted by molar-refractivity contribution is -0.121. The first-order valence-corrected chi connectivity index (χ1v) is 6.79. The van der Waals surface area contributed by atoms with Gasteiger partial charge in [-0.05, 0) is 19.3 Å². The van der Waals surface area contributed by atoms with Gasteiger partial charge in [0.05, 0.1) is 17.2 Å². The van der Waals surface area contributed by atoms with Gasteiger partial charge in [0.25, 0.3) is 0 Å². The van der Waals surface area contributed by atoms with Crippen molar-refractivity contribution in [1.82, 2.24) is 15.3 Å². The summed E-state index contributed by atoms with van der Waals surface area (Å²) >= 11 is 0.